The molecular weight excluding hydrogens is 434 g/mol. The number of rotatable bonds is 5. The van der Waals surface area contributed by atoms with Gasteiger partial charge in [-0.2, -0.15) is 13.2 Å². The van der Waals surface area contributed by atoms with Crippen LogP contribution in [0.4, 0.5) is 29.1 Å². The largest absolute Gasteiger partial charge is 0.487 e. The van der Waals surface area contributed by atoms with Gasteiger partial charge >= 0.3 is 6.18 Å². The van der Waals surface area contributed by atoms with Gasteiger partial charge in [-0.3, -0.25) is 9.59 Å². The lowest BCUT2D eigenvalue weighted by molar-refractivity contribution is -0.137. The number of aromatic amines is 1. The molecule has 1 aromatic carbocycles. The van der Waals surface area contributed by atoms with Crippen LogP contribution in [0.3, 0.4) is 0 Å². The Bertz CT molecular complexity index is 1210. The highest BCUT2D eigenvalue weighted by molar-refractivity contribution is 6.07. The van der Waals surface area contributed by atoms with Crippen molar-refractivity contribution >= 4 is 17.4 Å². The third kappa shape index (κ3) is 4.43. The number of hydrogen-bond donors (Lipinski definition) is 2. The molecule has 2 aromatic heterocycles. The molecule has 4 rings (SSSR count). The van der Waals surface area contributed by atoms with Crippen LogP contribution in [0.15, 0.2) is 47.8 Å². The van der Waals surface area contributed by atoms with Gasteiger partial charge in [0.05, 0.1) is 30.7 Å². The Morgan fingerprint density at radius 2 is 2.03 bits per heavy atom. The Balaban J connectivity index is 1.47. The first-order valence-corrected chi connectivity index (χ1v) is 9.40. The van der Waals surface area contributed by atoms with E-state index in [-0.39, 0.29) is 30.2 Å². The second kappa shape index (κ2) is 8.02. The van der Waals surface area contributed by atoms with E-state index in [0.29, 0.717) is 11.8 Å². The average molecular weight is 451 g/mol. The number of H-pyrrole nitrogens is 1. The molecule has 12 heteroatoms. The summed E-state index contributed by atoms with van der Waals surface area (Å²) >= 11 is 0. The normalized spacial score (nSPS) is 14.2. The Morgan fingerprint density at radius 1 is 1.28 bits per heavy atom. The molecule has 0 atom stereocenters. The topological polar surface area (TPSA) is 92.2 Å². The van der Waals surface area contributed by atoms with Crippen molar-refractivity contribution in [3.05, 3.63) is 70.3 Å². The first-order chi connectivity index (χ1) is 15.1. The lowest BCUT2D eigenvalue weighted by atomic mass is 10.1. The molecule has 1 amide bonds. The minimum Gasteiger partial charge on any atom is -0.487 e. The van der Waals surface area contributed by atoms with Crippen molar-refractivity contribution in [2.24, 2.45) is 7.05 Å². The predicted molar refractivity (Wildman–Crippen MR) is 106 cm³/mol. The molecule has 168 valence electrons. The van der Waals surface area contributed by atoms with Crippen LogP contribution >= 0.6 is 0 Å². The lowest BCUT2D eigenvalue weighted by Gasteiger charge is -2.41. The molecule has 1 aliphatic rings. The van der Waals surface area contributed by atoms with Crippen molar-refractivity contribution in [1.29, 1.82) is 0 Å². The maximum Gasteiger partial charge on any atom is 0.416 e. The van der Waals surface area contributed by atoms with Crippen LogP contribution in [0.1, 0.15) is 15.9 Å². The van der Waals surface area contributed by atoms with E-state index in [1.807, 2.05) is 0 Å². The summed E-state index contributed by atoms with van der Waals surface area (Å²) in [5.41, 5.74) is -1.56. The van der Waals surface area contributed by atoms with E-state index in [1.54, 1.807) is 22.7 Å². The van der Waals surface area contributed by atoms with Gasteiger partial charge in [-0.05, 0) is 18.2 Å². The van der Waals surface area contributed by atoms with Crippen molar-refractivity contribution in [2.75, 3.05) is 23.3 Å². The SMILES string of the molecule is Cn1cnc(NC(=O)c2c(N3CC(Oc4cc(F)cc(C(F)(F)F)c4)C3)cc[nH]c2=O)c1. The third-order valence-corrected chi connectivity index (χ3v) is 4.80. The van der Waals surface area contributed by atoms with E-state index < -0.39 is 35.1 Å². The molecule has 2 N–H and O–H groups in total. The summed E-state index contributed by atoms with van der Waals surface area (Å²) in [6.07, 6.45) is -0.821. The van der Waals surface area contributed by atoms with E-state index >= 15 is 0 Å². The van der Waals surface area contributed by atoms with E-state index in [4.69, 9.17) is 4.74 Å². The van der Waals surface area contributed by atoms with Gasteiger partial charge in [-0.25, -0.2) is 9.37 Å². The van der Waals surface area contributed by atoms with Crippen LogP contribution in [-0.2, 0) is 13.2 Å². The van der Waals surface area contributed by atoms with Crippen LogP contribution in [0.2, 0.25) is 0 Å². The number of amides is 1. The summed E-state index contributed by atoms with van der Waals surface area (Å²) < 4.78 is 59.3. The smallest absolute Gasteiger partial charge is 0.416 e. The second-order valence-electron chi connectivity index (χ2n) is 7.26. The number of anilines is 2. The average Bonchev–Trinajstić information content (AvgIpc) is 3.07. The standard InChI is InChI=1S/C20H17F4N5O3/c1-28-9-16(26-10-28)27-19(31)17-15(2-3-25-18(17)30)29-7-14(8-29)32-13-5-11(20(22,23)24)4-12(21)6-13/h2-6,9-10,14H,7-8H2,1H3,(H,25,30)(H,27,31). The number of aryl methyl sites for hydroxylation is 1. The number of aromatic nitrogens is 3. The highest BCUT2D eigenvalue weighted by Gasteiger charge is 2.34. The molecule has 8 nitrogen and oxygen atoms in total. The first-order valence-electron chi connectivity index (χ1n) is 9.40. The fraction of sp³-hybridized carbons (Fsp3) is 0.250. The molecule has 1 saturated heterocycles. The number of carbonyl (C=O) groups excluding carboxylic acids is 1. The Hall–Kier alpha value is -3.83. The maximum absolute atomic E-state index is 13.6. The minimum absolute atomic E-state index is 0.137. The highest BCUT2D eigenvalue weighted by Crippen LogP contribution is 2.33. The summed E-state index contributed by atoms with van der Waals surface area (Å²) in [7, 11) is 1.72. The van der Waals surface area contributed by atoms with Gasteiger partial charge in [0.2, 0.25) is 0 Å². The lowest BCUT2D eigenvalue weighted by Crippen LogP contribution is -2.55. The van der Waals surface area contributed by atoms with Crippen molar-refractivity contribution in [3.63, 3.8) is 0 Å². The molecule has 3 heterocycles. The van der Waals surface area contributed by atoms with Gasteiger partial charge in [-0.1, -0.05) is 0 Å². The fourth-order valence-electron chi connectivity index (χ4n) is 3.30. The summed E-state index contributed by atoms with van der Waals surface area (Å²) in [4.78, 5) is 33.1. The number of nitrogens with one attached hydrogen (secondary N) is 2. The zero-order chi connectivity index (χ0) is 23.0. The second-order valence-corrected chi connectivity index (χ2v) is 7.26. The number of carbonyl (C=O) groups is 1. The van der Waals surface area contributed by atoms with Gasteiger partial charge < -0.3 is 24.5 Å². The van der Waals surface area contributed by atoms with Gasteiger partial charge in [0.1, 0.15) is 23.2 Å². The molecule has 0 unspecified atom stereocenters. The molecule has 0 saturated carbocycles. The zero-order valence-electron chi connectivity index (χ0n) is 16.6. The Kier molecular flexibility index (Phi) is 5.36. The number of alkyl halides is 3. The molecule has 0 aliphatic carbocycles. The Labute approximate surface area is 178 Å². The number of ether oxygens (including phenoxy) is 1. The maximum atomic E-state index is 13.6. The number of imidazole rings is 1. The van der Waals surface area contributed by atoms with E-state index in [9.17, 15) is 27.2 Å². The van der Waals surface area contributed by atoms with Gasteiger partial charge in [0.25, 0.3) is 11.5 Å². The van der Waals surface area contributed by atoms with Gasteiger partial charge in [0.15, 0.2) is 5.82 Å². The summed E-state index contributed by atoms with van der Waals surface area (Å²) in [5, 5.41) is 2.54. The molecule has 1 aliphatic heterocycles. The van der Waals surface area contributed by atoms with Gasteiger partial charge in [-0.15, -0.1) is 0 Å². The van der Waals surface area contributed by atoms with Crippen molar-refractivity contribution in [3.8, 4) is 5.75 Å². The van der Waals surface area contributed by atoms with Crippen LogP contribution in [0, 0.1) is 5.82 Å². The molecule has 1 fully saturated rings. The van der Waals surface area contributed by atoms with Crippen molar-refractivity contribution in [1.82, 2.24) is 14.5 Å². The molecule has 0 radical (unpaired) electrons. The molecule has 32 heavy (non-hydrogen) atoms. The van der Waals surface area contributed by atoms with Crippen LogP contribution in [0.25, 0.3) is 0 Å². The summed E-state index contributed by atoms with van der Waals surface area (Å²) in [6, 6.07) is 3.53. The minimum atomic E-state index is -4.70. The van der Waals surface area contributed by atoms with Crippen LogP contribution in [0.5, 0.6) is 5.75 Å². The van der Waals surface area contributed by atoms with E-state index in [0.717, 1.165) is 12.1 Å². The monoisotopic (exact) mass is 451 g/mol. The zero-order valence-corrected chi connectivity index (χ0v) is 16.6. The molecule has 0 spiro atoms. The first kappa shape index (κ1) is 21.4. The number of benzene rings is 1. The summed E-state index contributed by atoms with van der Waals surface area (Å²) in [6.45, 7) is 0.371. The molecule has 3 aromatic rings. The number of hydrogen-bond acceptors (Lipinski definition) is 5. The summed E-state index contributed by atoms with van der Waals surface area (Å²) in [5.74, 6) is -1.71. The van der Waals surface area contributed by atoms with Crippen molar-refractivity contribution in [2.45, 2.75) is 12.3 Å². The van der Waals surface area contributed by atoms with E-state index in [2.05, 4.69) is 15.3 Å². The van der Waals surface area contributed by atoms with Crippen LogP contribution < -0.4 is 20.5 Å². The number of halogens is 4. The number of pyridine rings is 1. The highest BCUT2D eigenvalue weighted by atomic mass is 19.4. The third-order valence-electron chi connectivity index (χ3n) is 4.80. The predicted octanol–water partition coefficient (Wildman–Crippen LogP) is 2.79. The number of nitrogens with zero attached hydrogens (tertiary/aromatic N) is 3. The Morgan fingerprint density at radius 3 is 2.69 bits per heavy atom. The quantitative estimate of drug-likeness (QED) is 0.582. The van der Waals surface area contributed by atoms with Gasteiger partial charge in [0, 0.05) is 25.5 Å². The van der Waals surface area contributed by atoms with E-state index in [1.165, 1.54) is 18.6 Å². The van der Waals surface area contributed by atoms with Crippen LogP contribution in [-0.4, -0.2) is 39.6 Å². The fourth-order valence-corrected chi connectivity index (χ4v) is 3.30. The molecular formula is C20H17F4N5O3. The van der Waals surface area contributed by atoms with Crippen molar-refractivity contribution < 1.29 is 27.1 Å². The molecule has 0 bridgehead atoms.